The van der Waals surface area contributed by atoms with E-state index in [0.717, 1.165) is 0 Å². The van der Waals surface area contributed by atoms with Crippen LogP contribution in [-0.4, -0.2) is 9.97 Å². The van der Waals surface area contributed by atoms with Gasteiger partial charge in [0.1, 0.15) is 10.4 Å². The lowest BCUT2D eigenvalue weighted by Gasteiger charge is -2.06. The Bertz CT molecular complexity index is 547. The summed E-state index contributed by atoms with van der Waals surface area (Å²) < 4.78 is 19.1. The second-order valence-corrected chi connectivity index (χ2v) is 4.27. The minimum atomic E-state index is -0.670. The third-order valence-corrected chi connectivity index (χ3v) is 2.51. The van der Waals surface area contributed by atoms with Crippen LogP contribution in [0.25, 0.3) is 0 Å². The molecule has 88 valence electrons. The van der Waals surface area contributed by atoms with Crippen molar-refractivity contribution < 1.29 is 9.13 Å². The van der Waals surface area contributed by atoms with E-state index in [1.807, 2.05) is 0 Å². The molecule has 0 saturated carbocycles. The predicted octanol–water partition coefficient (Wildman–Crippen LogP) is 3.41. The van der Waals surface area contributed by atoms with E-state index >= 15 is 0 Å². The Morgan fingerprint density at radius 2 is 2.12 bits per heavy atom. The third-order valence-electron chi connectivity index (χ3n) is 1.81. The largest absolute Gasteiger partial charge is 0.421 e. The standard InChI is InChI=1S/C10H6BrClFN3O/c11-7-4-8(14)16-10(15-7)17-6-3-1-2-5(12)9(6)13/h1-4H,(H2,14,15,16). The zero-order chi connectivity index (χ0) is 12.4. The lowest BCUT2D eigenvalue weighted by atomic mass is 10.3. The van der Waals surface area contributed by atoms with Gasteiger partial charge in [-0.15, -0.1) is 0 Å². The van der Waals surface area contributed by atoms with Gasteiger partial charge in [0.25, 0.3) is 0 Å². The van der Waals surface area contributed by atoms with Crippen LogP contribution in [0.2, 0.25) is 5.02 Å². The van der Waals surface area contributed by atoms with Gasteiger partial charge in [0.2, 0.25) is 0 Å². The molecule has 0 aliphatic carbocycles. The molecule has 0 amide bonds. The van der Waals surface area contributed by atoms with Crippen LogP contribution in [0.15, 0.2) is 28.9 Å². The Labute approximate surface area is 110 Å². The van der Waals surface area contributed by atoms with Crippen LogP contribution in [0.4, 0.5) is 10.2 Å². The van der Waals surface area contributed by atoms with Gasteiger partial charge < -0.3 is 10.5 Å². The smallest absolute Gasteiger partial charge is 0.325 e. The van der Waals surface area contributed by atoms with Gasteiger partial charge >= 0.3 is 6.01 Å². The van der Waals surface area contributed by atoms with Crippen LogP contribution in [-0.2, 0) is 0 Å². The molecule has 0 aliphatic rings. The SMILES string of the molecule is Nc1cc(Br)nc(Oc2cccc(Cl)c2F)n1. The second-order valence-electron chi connectivity index (χ2n) is 3.05. The molecule has 0 spiro atoms. The number of nitrogens with two attached hydrogens (primary N) is 1. The lowest BCUT2D eigenvalue weighted by Crippen LogP contribution is -1.98. The second kappa shape index (κ2) is 4.85. The van der Waals surface area contributed by atoms with E-state index in [2.05, 4.69) is 25.9 Å². The summed E-state index contributed by atoms with van der Waals surface area (Å²) in [4.78, 5) is 7.70. The number of hydrogen-bond donors (Lipinski definition) is 1. The average molecular weight is 319 g/mol. The molecule has 2 aromatic rings. The number of nitrogens with zero attached hydrogens (tertiary/aromatic N) is 2. The zero-order valence-corrected chi connectivity index (χ0v) is 10.7. The quantitative estimate of drug-likeness (QED) is 0.862. The first-order chi connectivity index (χ1) is 8.06. The molecule has 4 nitrogen and oxygen atoms in total. The summed E-state index contributed by atoms with van der Waals surface area (Å²) in [5.74, 6) is -0.518. The summed E-state index contributed by atoms with van der Waals surface area (Å²) in [5, 5.41) is -0.0366. The lowest BCUT2D eigenvalue weighted by molar-refractivity contribution is 0.411. The normalized spacial score (nSPS) is 10.3. The van der Waals surface area contributed by atoms with Crippen LogP contribution < -0.4 is 10.5 Å². The Morgan fingerprint density at radius 3 is 2.82 bits per heavy atom. The molecule has 2 rings (SSSR count). The van der Waals surface area contributed by atoms with E-state index in [1.54, 1.807) is 6.07 Å². The molecule has 1 aromatic heterocycles. The van der Waals surface area contributed by atoms with Gasteiger partial charge in [0.05, 0.1) is 5.02 Å². The van der Waals surface area contributed by atoms with Crippen molar-refractivity contribution >= 4 is 33.3 Å². The molecule has 2 N–H and O–H groups in total. The first-order valence-corrected chi connectivity index (χ1v) is 5.65. The van der Waals surface area contributed by atoms with Crippen molar-refractivity contribution in [1.29, 1.82) is 0 Å². The highest BCUT2D eigenvalue weighted by Crippen LogP contribution is 2.27. The monoisotopic (exact) mass is 317 g/mol. The van der Waals surface area contributed by atoms with E-state index in [-0.39, 0.29) is 22.6 Å². The fourth-order valence-corrected chi connectivity index (χ4v) is 1.67. The molecule has 0 atom stereocenters. The van der Waals surface area contributed by atoms with Gasteiger partial charge in [-0.05, 0) is 28.1 Å². The number of benzene rings is 1. The van der Waals surface area contributed by atoms with Crippen molar-refractivity contribution in [3.63, 3.8) is 0 Å². The molecule has 17 heavy (non-hydrogen) atoms. The zero-order valence-electron chi connectivity index (χ0n) is 8.32. The van der Waals surface area contributed by atoms with Gasteiger partial charge in [0.15, 0.2) is 11.6 Å². The first-order valence-electron chi connectivity index (χ1n) is 4.48. The van der Waals surface area contributed by atoms with E-state index in [0.29, 0.717) is 4.60 Å². The summed E-state index contributed by atoms with van der Waals surface area (Å²) in [6, 6.07) is 5.84. The van der Waals surface area contributed by atoms with E-state index in [9.17, 15) is 4.39 Å². The molecule has 0 saturated heterocycles. The van der Waals surface area contributed by atoms with Crippen LogP contribution >= 0.6 is 27.5 Å². The summed E-state index contributed by atoms with van der Waals surface area (Å²) in [6.45, 7) is 0. The topological polar surface area (TPSA) is 61.0 Å². The first kappa shape index (κ1) is 12.1. The Balaban J connectivity index is 2.34. The van der Waals surface area contributed by atoms with Crippen LogP contribution in [0.1, 0.15) is 0 Å². The van der Waals surface area contributed by atoms with Crippen molar-refractivity contribution in [2.75, 3.05) is 5.73 Å². The number of hydrogen-bond acceptors (Lipinski definition) is 4. The van der Waals surface area contributed by atoms with Crippen LogP contribution in [0.3, 0.4) is 0 Å². The maximum atomic E-state index is 13.5. The predicted molar refractivity (Wildman–Crippen MR) is 65.6 cm³/mol. The summed E-state index contributed by atoms with van der Waals surface area (Å²) >= 11 is 8.74. The number of halogens is 3. The molecule has 0 aliphatic heterocycles. The molecule has 1 aromatic carbocycles. The Morgan fingerprint density at radius 1 is 1.35 bits per heavy atom. The van der Waals surface area contributed by atoms with Gasteiger partial charge in [-0.25, -0.2) is 4.39 Å². The molecule has 7 heteroatoms. The van der Waals surface area contributed by atoms with E-state index in [1.165, 1.54) is 18.2 Å². The highest BCUT2D eigenvalue weighted by Gasteiger charge is 2.10. The van der Waals surface area contributed by atoms with Gasteiger partial charge in [-0.1, -0.05) is 17.7 Å². The number of nitrogen functional groups attached to an aromatic ring is 1. The highest BCUT2D eigenvalue weighted by molar-refractivity contribution is 9.10. The summed E-state index contributed by atoms with van der Waals surface area (Å²) in [5.41, 5.74) is 5.50. The molecule has 0 radical (unpaired) electrons. The van der Waals surface area contributed by atoms with Gasteiger partial charge in [-0.2, -0.15) is 9.97 Å². The Kier molecular flexibility index (Phi) is 3.44. The third kappa shape index (κ3) is 2.83. The minimum Gasteiger partial charge on any atom is -0.421 e. The molecule has 0 bridgehead atoms. The average Bonchev–Trinajstić information content (AvgIpc) is 2.23. The van der Waals surface area contributed by atoms with Crippen molar-refractivity contribution in [3.05, 3.63) is 39.7 Å². The summed E-state index contributed by atoms with van der Waals surface area (Å²) in [7, 11) is 0. The Hall–Kier alpha value is -1.40. The number of aromatic nitrogens is 2. The van der Waals surface area contributed by atoms with E-state index < -0.39 is 5.82 Å². The van der Waals surface area contributed by atoms with Crippen molar-refractivity contribution in [3.8, 4) is 11.8 Å². The van der Waals surface area contributed by atoms with Crippen molar-refractivity contribution in [2.24, 2.45) is 0 Å². The minimum absolute atomic E-state index is 0.0366. The molecular weight excluding hydrogens is 312 g/mol. The molecule has 1 heterocycles. The van der Waals surface area contributed by atoms with Gasteiger partial charge in [0, 0.05) is 6.07 Å². The van der Waals surface area contributed by atoms with Crippen molar-refractivity contribution in [2.45, 2.75) is 0 Å². The van der Waals surface area contributed by atoms with Gasteiger partial charge in [-0.3, -0.25) is 0 Å². The highest BCUT2D eigenvalue weighted by atomic mass is 79.9. The fourth-order valence-electron chi connectivity index (χ4n) is 1.12. The molecule has 0 fully saturated rings. The van der Waals surface area contributed by atoms with Crippen LogP contribution in [0.5, 0.6) is 11.8 Å². The van der Waals surface area contributed by atoms with Crippen molar-refractivity contribution in [1.82, 2.24) is 9.97 Å². The molecular formula is C10H6BrClFN3O. The maximum absolute atomic E-state index is 13.5. The van der Waals surface area contributed by atoms with E-state index in [4.69, 9.17) is 22.1 Å². The molecule has 0 unspecified atom stereocenters. The van der Waals surface area contributed by atoms with Crippen LogP contribution in [0, 0.1) is 5.82 Å². The fraction of sp³-hybridized carbons (Fsp3) is 0. The number of anilines is 1. The maximum Gasteiger partial charge on any atom is 0.325 e. The number of ether oxygens (including phenoxy) is 1. The number of rotatable bonds is 2. The summed E-state index contributed by atoms with van der Waals surface area (Å²) in [6.07, 6.45) is 0.